The molecule has 1 unspecified atom stereocenters. The van der Waals surface area contributed by atoms with E-state index in [1.165, 1.54) is 32.5 Å². The molecular weight excluding hydrogens is 429 g/mol. The summed E-state index contributed by atoms with van der Waals surface area (Å²) >= 11 is 0. The molecule has 0 saturated carbocycles. The van der Waals surface area contributed by atoms with E-state index in [0.29, 0.717) is 5.92 Å². The van der Waals surface area contributed by atoms with Crippen LogP contribution in [0.1, 0.15) is 33.1 Å². The number of halogens is 1. The molecule has 150 valence electrons. The Balaban J connectivity index is 0.00000576. The van der Waals surface area contributed by atoms with Gasteiger partial charge in [0.2, 0.25) is 0 Å². The van der Waals surface area contributed by atoms with Crippen LogP contribution in [-0.2, 0) is 4.74 Å². The van der Waals surface area contributed by atoms with Gasteiger partial charge in [0, 0.05) is 53.0 Å². The Morgan fingerprint density at radius 3 is 2.60 bits per heavy atom. The van der Waals surface area contributed by atoms with Crippen molar-refractivity contribution in [2.45, 2.75) is 33.1 Å². The van der Waals surface area contributed by atoms with Gasteiger partial charge in [0.05, 0.1) is 0 Å². The number of nitrogens with one attached hydrogen (secondary N) is 2. The van der Waals surface area contributed by atoms with Crippen molar-refractivity contribution in [3.8, 4) is 0 Å². The molecule has 0 aromatic rings. The number of hydrogen-bond acceptors (Lipinski definition) is 4. The molecule has 0 aliphatic carbocycles. The van der Waals surface area contributed by atoms with Gasteiger partial charge in [-0.15, -0.1) is 24.0 Å². The summed E-state index contributed by atoms with van der Waals surface area (Å²) in [6, 6.07) is 0. The Bertz CT molecular complexity index is 337. The predicted octanol–water partition coefficient (Wildman–Crippen LogP) is 1.86. The van der Waals surface area contributed by atoms with Crippen molar-refractivity contribution in [2.24, 2.45) is 10.9 Å². The monoisotopic (exact) mass is 469 g/mol. The third-order valence-electron chi connectivity index (χ3n) is 4.35. The van der Waals surface area contributed by atoms with E-state index < -0.39 is 0 Å². The SMILES string of the molecule is CCNC(=NCC(C)CN1CCCC1)NCCN(C)CCCOC.I. The van der Waals surface area contributed by atoms with E-state index in [0.717, 1.165) is 51.7 Å². The summed E-state index contributed by atoms with van der Waals surface area (Å²) in [4.78, 5) is 9.65. The first-order valence-corrected chi connectivity index (χ1v) is 9.57. The normalized spacial score (nSPS) is 16.8. The molecule has 1 heterocycles. The maximum Gasteiger partial charge on any atom is 0.191 e. The van der Waals surface area contributed by atoms with E-state index >= 15 is 0 Å². The molecule has 0 aromatic carbocycles. The van der Waals surface area contributed by atoms with Gasteiger partial charge in [-0.25, -0.2) is 0 Å². The number of rotatable bonds is 12. The Morgan fingerprint density at radius 2 is 1.96 bits per heavy atom. The fourth-order valence-electron chi connectivity index (χ4n) is 3.01. The molecule has 0 radical (unpaired) electrons. The lowest BCUT2D eigenvalue weighted by Crippen LogP contribution is -2.41. The highest BCUT2D eigenvalue weighted by atomic mass is 127. The summed E-state index contributed by atoms with van der Waals surface area (Å²) in [6.45, 7) is 13.7. The number of likely N-dealkylation sites (N-methyl/N-ethyl adjacent to an activating group) is 1. The van der Waals surface area contributed by atoms with Crippen LogP contribution >= 0.6 is 24.0 Å². The van der Waals surface area contributed by atoms with Crippen molar-refractivity contribution in [3.63, 3.8) is 0 Å². The smallest absolute Gasteiger partial charge is 0.191 e. The van der Waals surface area contributed by atoms with E-state index in [-0.39, 0.29) is 24.0 Å². The number of hydrogen-bond donors (Lipinski definition) is 2. The van der Waals surface area contributed by atoms with Gasteiger partial charge < -0.3 is 25.2 Å². The zero-order chi connectivity index (χ0) is 17.6. The van der Waals surface area contributed by atoms with Crippen LogP contribution in [0.2, 0.25) is 0 Å². The number of nitrogens with zero attached hydrogens (tertiary/aromatic N) is 3. The molecule has 0 spiro atoms. The molecule has 7 heteroatoms. The van der Waals surface area contributed by atoms with Crippen LogP contribution in [0.4, 0.5) is 0 Å². The van der Waals surface area contributed by atoms with Gasteiger partial charge in [-0.3, -0.25) is 4.99 Å². The highest BCUT2D eigenvalue weighted by Crippen LogP contribution is 2.10. The topological polar surface area (TPSA) is 52.1 Å². The second-order valence-corrected chi connectivity index (χ2v) is 6.91. The van der Waals surface area contributed by atoms with Crippen LogP contribution in [0, 0.1) is 5.92 Å². The summed E-state index contributed by atoms with van der Waals surface area (Å²) < 4.78 is 5.09. The second kappa shape index (κ2) is 16.1. The summed E-state index contributed by atoms with van der Waals surface area (Å²) in [5.41, 5.74) is 0. The number of methoxy groups -OCH3 is 1. The molecule has 0 amide bonds. The Hall–Kier alpha value is -0.120. The molecule has 0 bridgehead atoms. The number of likely N-dealkylation sites (tertiary alicyclic amines) is 1. The first kappa shape index (κ1) is 24.9. The minimum atomic E-state index is 0. The fraction of sp³-hybridized carbons (Fsp3) is 0.944. The molecule has 2 N–H and O–H groups in total. The highest BCUT2D eigenvalue weighted by Gasteiger charge is 2.14. The average Bonchev–Trinajstić information content (AvgIpc) is 3.05. The molecule has 1 rings (SSSR count). The van der Waals surface area contributed by atoms with Gasteiger partial charge in [-0.2, -0.15) is 0 Å². The number of aliphatic imine (C=N–C) groups is 1. The maximum atomic E-state index is 5.09. The highest BCUT2D eigenvalue weighted by molar-refractivity contribution is 14.0. The van der Waals surface area contributed by atoms with Crippen molar-refractivity contribution < 1.29 is 4.74 Å². The Kier molecular flexibility index (Phi) is 16.0. The first-order chi connectivity index (χ1) is 11.7. The summed E-state index contributed by atoms with van der Waals surface area (Å²) in [5, 5.41) is 6.79. The van der Waals surface area contributed by atoms with Crippen LogP contribution in [0.3, 0.4) is 0 Å². The van der Waals surface area contributed by atoms with Crippen molar-refractivity contribution in [3.05, 3.63) is 0 Å². The lowest BCUT2D eigenvalue weighted by molar-refractivity contribution is 0.180. The lowest BCUT2D eigenvalue weighted by Gasteiger charge is -2.20. The van der Waals surface area contributed by atoms with Crippen LogP contribution < -0.4 is 10.6 Å². The van der Waals surface area contributed by atoms with Gasteiger partial charge in [0.1, 0.15) is 0 Å². The number of ether oxygens (including phenoxy) is 1. The van der Waals surface area contributed by atoms with Crippen molar-refractivity contribution in [1.29, 1.82) is 0 Å². The zero-order valence-corrected chi connectivity index (χ0v) is 19.1. The van der Waals surface area contributed by atoms with Crippen molar-refractivity contribution in [2.75, 3.05) is 73.1 Å². The predicted molar refractivity (Wildman–Crippen MR) is 118 cm³/mol. The van der Waals surface area contributed by atoms with Crippen LogP contribution in [0.5, 0.6) is 0 Å². The van der Waals surface area contributed by atoms with E-state index in [2.05, 4.69) is 41.3 Å². The summed E-state index contributed by atoms with van der Waals surface area (Å²) in [6.07, 6.45) is 3.80. The van der Waals surface area contributed by atoms with Crippen LogP contribution in [0.25, 0.3) is 0 Å². The molecule has 6 nitrogen and oxygen atoms in total. The fourth-order valence-corrected chi connectivity index (χ4v) is 3.01. The lowest BCUT2D eigenvalue weighted by atomic mass is 10.2. The third kappa shape index (κ3) is 12.8. The molecule has 1 saturated heterocycles. The van der Waals surface area contributed by atoms with E-state index in [9.17, 15) is 0 Å². The largest absolute Gasteiger partial charge is 0.385 e. The Morgan fingerprint density at radius 1 is 1.24 bits per heavy atom. The number of guanidine groups is 1. The Labute approximate surface area is 172 Å². The minimum Gasteiger partial charge on any atom is -0.385 e. The molecule has 1 aliphatic heterocycles. The van der Waals surface area contributed by atoms with Gasteiger partial charge in [-0.1, -0.05) is 6.92 Å². The van der Waals surface area contributed by atoms with Gasteiger partial charge in [0.15, 0.2) is 5.96 Å². The molecule has 0 aromatic heterocycles. The molecule has 1 fully saturated rings. The molecule has 1 atom stereocenters. The minimum absolute atomic E-state index is 0. The van der Waals surface area contributed by atoms with Gasteiger partial charge in [0.25, 0.3) is 0 Å². The maximum absolute atomic E-state index is 5.09. The first-order valence-electron chi connectivity index (χ1n) is 9.57. The van der Waals surface area contributed by atoms with Crippen molar-refractivity contribution in [1.82, 2.24) is 20.4 Å². The molecule has 1 aliphatic rings. The summed E-state index contributed by atoms with van der Waals surface area (Å²) in [7, 11) is 3.91. The quantitative estimate of drug-likeness (QED) is 0.198. The van der Waals surface area contributed by atoms with Gasteiger partial charge in [-0.05, 0) is 52.2 Å². The van der Waals surface area contributed by atoms with Crippen molar-refractivity contribution >= 4 is 29.9 Å². The third-order valence-corrected chi connectivity index (χ3v) is 4.35. The van der Waals surface area contributed by atoms with E-state index in [1.54, 1.807) is 7.11 Å². The summed E-state index contributed by atoms with van der Waals surface area (Å²) in [5.74, 6) is 1.55. The second-order valence-electron chi connectivity index (χ2n) is 6.91. The average molecular weight is 469 g/mol. The molecule has 25 heavy (non-hydrogen) atoms. The zero-order valence-electron chi connectivity index (χ0n) is 16.7. The molecular formula is C18H40IN5O. The van der Waals surface area contributed by atoms with Gasteiger partial charge >= 0.3 is 0 Å². The van der Waals surface area contributed by atoms with Crippen LogP contribution in [-0.4, -0.2) is 88.9 Å². The standard InChI is InChI=1S/C18H39N5O.HI/c1-5-19-18(20-9-13-22(3)10-8-14-24-4)21-15-17(2)16-23-11-6-7-12-23;/h17H,5-16H2,1-4H3,(H2,19,20,21);1H. The van der Waals surface area contributed by atoms with E-state index in [1.807, 2.05) is 0 Å². The van der Waals surface area contributed by atoms with E-state index in [4.69, 9.17) is 9.73 Å². The van der Waals surface area contributed by atoms with Crippen LogP contribution in [0.15, 0.2) is 4.99 Å².